The van der Waals surface area contributed by atoms with Crippen molar-refractivity contribution in [2.24, 2.45) is 5.92 Å². The van der Waals surface area contributed by atoms with E-state index < -0.39 is 0 Å². The zero-order chi connectivity index (χ0) is 8.39. The Hall–Kier alpha value is -0.0400. The summed E-state index contributed by atoms with van der Waals surface area (Å²) < 4.78 is 5.90. The second kappa shape index (κ2) is 3.78. The number of hydrogen-bond acceptors (Lipinski definition) is 1. The second-order valence-electron chi connectivity index (χ2n) is 4.46. The normalized spacial score (nSPS) is 38.8. The molecule has 1 heterocycles. The van der Waals surface area contributed by atoms with Gasteiger partial charge in [0.1, 0.15) is 0 Å². The first-order valence-corrected chi connectivity index (χ1v) is 5.52. The first kappa shape index (κ1) is 8.55. The molecule has 2 rings (SSSR count). The van der Waals surface area contributed by atoms with Crippen molar-refractivity contribution in [2.75, 3.05) is 0 Å². The van der Waals surface area contributed by atoms with E-state index in [1.165, 1.54) is 44.9 Å². The number of rotatable bonds is 1. The van der Waals surface area contributed by atoms with Gasteiger partial charge in [0, 0.05) is 0 Å². The Bertz CT molecular complexity index is 135. The SMILES string of the molecule is C[C@@H]1CC[C@H](C2CCCCC2)O1. The van der Waals surface area contributed by atoms with E-state index in [2.05, 4.69) is 6.92 Å². The highest BCUT2D eigenvalue weighted by molar-refractivity contribution is 4.79. The van der Waals surface area contributed by atoms with Gasteiger partial charge in [-0.25, -0.2) is 0 Å². The molecule has 1 heteroatoms. The molecule has 70 valence electrons. The lowest BCUT2D eigenvalue weighted by Crippen LogP contribution is -2.22. The van der Waals surface area contributed by atoms with E-state index in [9.17, 15) is 0 Å². The zero-order valence-electron chi connectivity index (χ0n) is 8.09. The van der Waals surface area contributed by atoms with Gasteiger partial charge in [-0.15, -0.1) is 0 Å². The van der Waals surface area contributed by atoms with Gasteiger partial charge in [0.15, 0.2) is 0 Å². The smallest absolute Gasteiger partial charge is 0.0607 e. The Morgan fingerprint density at radius 1 is 0.917 bits per heavy atom. The quantitative estimate of drug-likeness (QED) is 0.584. The van der Waals surface area contributed by atoms with Gasteiger partial charge >= 0.3 is 0 Å². The van der Waals surface area contributed by atoms with Crippen LogP contribution in [0.3, 0.4) is 0 Å². The fourth-order valence-corrected chi connectivity index (χ4v) is 2.69. The van der Waals surface area contributed by atoms with Crippen molar-refractivity contribution >= 4 is 0 Å². The maximum absolute atomic E-state index is 5.90. The molecule has 1 saturated heterocycles. The molecule has 1 aliphatic heterocycles. The van der Waals surface area contributed by atoms with Gasteiger partial charge in [0.05, 0.1) is 12.2 Å². The molecule has 0 unspecified atom stereocenters. The minimum absolute atomic E-state index is 0.539. The fourth-order valence-electron chi connectivity index (χ4n) is 2.69. The van der Waals surface area contributed by atoms with Crippen LogP contribution < -0.4 is 0 Å². The van der Waals surface area contributed by atoms with Crippen LogP contribution in [0.1, 0.15) is 51.9 Å². The molecule has 2 aliphatic rings. The maximum atomic E-state index is 5.90. The molecule has 0 aromatic heterocycles. The Kier molecular flexibility index (Phi) is 2.69. The summed E-state index contributed by atoms with van der Waals surface area (Å²) in [7, 11) is 0. The molecular weight excluding hydrogens is 148 g/mol. The Labute approximate surface area is 75.5 Å². The molecule has 1 aliphatic carbocycles. The Morgan fingerprint density at radius 3 is 2.25 bits per heavy atom. The third kappa shape index (κ3) is 1.82. The Balaban J connectivity index is 1.83. The highest BCUT2D eigenvalue weighted by Crippen LogP contribution is 2.34. The molecule has 0 radical (unpaired) electrons. The zero-order valence-corrected chi connectivity index (χ0v) is 8.09. The second-order valence-corrected chi connectivity index (χ2v) is 4.46. The van der Waals surface area contributed by atoms with Gasteiger partial charge < -0.3 is 4.74 Å². The van der Waals surface area contributed by atoms with E-state index in [-0.39, 0.29) is 0 Å². The van der Waals surface area contributed by atoms with Gasteiger partial charge in [-0.05, 0) is 38.5 Å². The predicted molar refractivity (Wildman–Crippen MR) is 50.1 cm³/mol. The van der Waals surface area contributed by atoms with Gasteiger partial charge in [0.25, 0.3) is 0 Å². The summed E-state index contributed by atoms with van der Waals surface area (Å²) in [4.78, 5) is 0. The molecule has 12 heavy (non-hydrogen) atoms. The molecule has 0 spiro atoms. The van der Waals surface area contributed by atoms with Crippen molar-refractivity contribution in [2.45, 2.75) is 64.1 Å². The lowest BCUT2D eigenvalue weighted by Gasteiger charge is -2.26. The molecule has 1 saturated carbocycles. The van der Waals surface area contributed by atoms with E-state index >= 15 is 0 Å². The van der Waals surface area contributed by atoms with Crippen molar-refractivity contribution in [3.8, 4) is 0 Å². The van der Waals surface area contributed by atoms with Gasteiger partial charge in [-0.1, -0.05) is 19.3 Å². The maximum Gasteiger partial charge on any atom is 0.0607 e. The van der Waals surface area contributed by atoms with E-state index in [1.807, 2.05) is 0 Å². The van der Waals surface area contributed by atoms with E-state index in [0.29, 0.717) is 12.2 Å². The minimum Gasteiger partial charge on any atom is -0.375 e. The van der Waals surface area contributed by atoms with Gasteiger partial charge in [-0.3, -0.25) is 0 Å². The highest BCUT2D eigenvalue weighted by atomic mass is 16.5. The third-order valence-corrected chi connectivity index (χ3v) is 3.44. The average Bonchev–Trinajstić information content (AvgIpc) is 2.54. The van der Waals surface area contributed by atoms with E-state index in [0.717, 1.165) is 5.92 Å². The van der Waals surface area contributed by atoms with Crippen LogP contribution in [0.15, 0.2) is 0 Å². The first-order valence-electron chi connectivity index (χ1n) is 5.52. The molecule has 0 amide bonds. The van der Waals surface area contributed by atoms with E-state index in [1.54, 1.807) is 0 Å². The Morgan fingerprint density at radius 2 is 1.67 bits per heavy atom. The van der Waals surface area contributed by atoms with Crippen LogP contribution in [0.2, 0.25) is 0 Å². The molecule has 0 aromatic rings. The van der Waals surface area contributed by atoms with Crippen molar-refractivity contribution in [3.05, 3.63) is 0 Å². The molecule has 2 fully saturated rings. The van der Waals surface area contributed by atoms with Crippen molar-refractivity contribution in [1.29, 1.82) is 0 Å². The first-order chi connectivity index (χ1) is 5.86. The largest absolute Gasteiger partial charge is 0.375 e. The van der Waals surface area contributed by atoms with Crippen LogP contribution in [-0.2, 0) is 4.74 Å². The lowest BCUT2D eigenvalue weighted by molar-refractivity contribution is 0.00840. The highest BCUT2D eigenvalue weighted by Gasteiger charge is 2.29. The topological polar surface area (TPSA) is 9.23 Å². The summed E-state index contributed by atoms with van der Waals surface area (Å²) in [6.07, 6.45) is 11.0. The number of hydrogen-bond donors (Lipinski definition) is 0. The molecule has 0 bridgehead atoms. The van der Waals surface area contributed by atoms with Crippen molar-refractivity contribution < 1.29 is 4.74 Å². The standard InChI is InChI=1S/C11H20O/c1-9-7-8-11(12-9)10-5-3-2-4-6-10/h9-11H,2-8H2,1H3/t9-,11-/m1/s1. The monoisotopic (exact) mass is 168 g/mol. The summed E-state index contributed by atoms with van der Waals surface area (Å²) in [5.74, 6) is 0.906. The van der Waals surface area contributed by atoms with Crippen LogP contribution >= 0.6 is 0 Å². The molecule has 2 atom stereocenters. The summed E-state index contributed by atoms with van der Waals surface area (Å²) in [6, 6.07) is 0. The van der Waals surface area contributed by atoms with Gasteiger partial charge in [-0.2, -0.15) is 0 Å². The van der Waals surface area contributed by atoms with Crippen LogP contribution in [0.25, 0.3) is 0 Å². The van der Waals surface area contributed by atoms with Crippen molar-refractivity contribution in [1.82, 2.24) is 0 Å². The van der Waals surface area contributed by atoms with Gasteiger partial charge in [0.2, 0.25) is 0 Å². The lowest BCUT2D eigenvalue weighted by atomic mass is 9.84. The van der Waals surface area contributed by atoms with Crippen LogP contribution in [0, 0.1) is 5.92 Å². The third-order valence-electron chi connectivity index (χ3n) is 3.44. The fraction of sp³-hybridized carbons (Fsp3) is 1.00. The summed E-state index contributed by atoms with van der Waals surface area (Å²) in [5, 5.41) is 0. The van der Waals surface area contributed by atoms with Crippen LogP contribution in [0.5, 0.6) is 0 Å². The summed E-state index contributed by atoms with van der Waals surface area (Å²) >= 11 is 0. The van der Waals surface area contributed by atoms with Crippen LogP contribution in [0.4, 0.5) is 0 Å². The predicted octanol–water partition coefficient (Wildman–Crippen LogP) is 3.13. The number of ether oxygens (including phenoxy) is 1. The summed E-state index contributed by atoms with van der Waals surface area (Å²) in [6.45, 7) is 2.21. The minimum atomic E-state index is 0.539. The summed E-state index contributed by atoms with van der Waals surface area (Å²) in [5.41, 5.74) is 0. The molecular formula is C11H20O. The molecule has 0 aromatic carbocycles. The average molecular weight is 168 g/mol. The van der Waals surface area contributed by atoms with Crippen molar-refractivity contribution in [3.63, 3.8) is 0 Å². The van der Waals surface area contributed by atoms with E-state index in [4.69, 9.17) is 4.74 Å². The van der Waals surface area contributed by atoms with Crippen LogP contribution in [-0.4, -0.2) is 12.2 Å². The molecule has 1 nitrogen and oxygen atoms in total. The molecule has 0 N–H and O–H groups in total.